The standard InChI is InChI=1S/C25H36N4O4/c1-3-28(4-2)10-11-29(25(31)26-20-8-6-5-7-9-20)17-19-14-18-15-22-23(33-13-12-32-22)16-21(18)27-24(19)30/h14-16,20H,3-13,17H2,1-2H3,(H,26,31)(H,27,30). The third-order valence-corrected chi connectivity index (χ3v) is 6.75. The zero-order chi connectivity index (χ0) is 23.2. The normalized spacial score (nSPS) is 16.2. The number of rotatable bonds is 8. The van der Waals surface area contributed by atoms with Crippen LogP contribution in [-0.2, 0) is 6.54 Å². The van der Waals surface area contributed by atoms with Gasteiger partial charge in [0.05, 0.1) is 12.1 Å². The number of nitrogens with zero attached hydrogens (tertiary/aromatic N) is 2. The summed E-state index contributed by atoms with van der Waals surface area (Å²) in [4.78, 5) is 33.1. The minimum absolute atomic E-state index is 0.0873. The van der Waals surface area contributed by atoms with Crippen molar-refractivity contribution < 1.29 is 14.3 Å². The van der Waals surface area contributed by atoms with Crippen molar-refractivity contribution in [3.05, 3.63) is 34.1 Å². The molecule has 180 valence electrons. The number of hydrogen-bond acceptors (Lipinski definition) is 5. The van der Waals surface area contributed by atoms with Crippen LogP contribution in [0.2, 0.25) is 0 Å². The van der Waals surface area contributed by atoms with Gasteiger partial charge in [0.1, 0.15) is 13.2 Å². The summed E-state index contributed by atoms with van der Waals surface area (Å²) >= 11 is 0. The summed E-state index contributed by atoms with van der Waals surface area (Å²) in [5, 5.41) is 4.08. The molecule has 8 heteroatoms. The van der Waals surface area contributed by atoms with Gasteiger partial charge in [-0.05, 0) is 38.1 Å². The number of nitrogens with one attached hydrogen (secondary N) is 2. The lowest BCUT2D eigenvalue weighted by molar-refractivity contribution is 0.172. The zero-order valence-corrected chi connectivity index (χ0v) is 19.8. The van der Waals surface area contributed by atoms with Gasteiger partial charge in [0.2, 0.25) is 0 Å². The molecule has 1 aliphatic heterocycles. The first-order valence-electron chi connectivity index (χ1n) is 12.3. The maximum Gasteiger partial charge on any atom is 0.317 e. The fraction of sp³-hybridized carbons (Fsp3) is 0.600. The quantitative estimate of drug-likeness (QED) is 0.635. The minimum atomic E-state index is -0.183. The van der Waals surface area contributed by atoms with Crippen LogP contribution in [0.5, 0.6) is 11.5 Å². The predicted molar refractivity (Wildman–Crippen MR) is 129 cm³/mol. The third kappa shape index (κ3) is 5.79. The summed E-state index contributed by atoms with van der Waals surface area (Å²) in [6.07, 6.45) is 5.61. The fourth-order valence-electron chi connectivity index (χ4n) is 4.68. The molecular formula is C25H36N4O4. The van der Waals surface area contributed by atoms with Crippen LogP contribution in [0, 0.1) is 0 Å². The number of urea groups is 1. The molecule has 1 fully saturated rings. The van der Waals surface area contributed by atoms with Crippen LogP contribution in [0.3, 0.4) is 0 Å². The first kappa shape index (κ1) is 23.4. The smallest absolute Gasteiger partial charge is 0.317 e. The van der Waals surface area contributed by atoms with Crippen molar-refractivity contribution >= 4 is 16.9 Å². The second-order valence-corrected chi connectivity index (χ2v) is 8.94. The van der Waals surface area contributed by atoms with Crippen molar-refractivity contribution in [3.8, 4) is 11.5 Å². The Kier molecular flexibility index (Phi) is 7.75. The maximum absolute atomic E-state index is 13.2. The van der Waals surface area contributed by atoms with E-state index in [1.54, 1.807) is 4.90 Å². The van der Waals surface area contributed by atoms with E-state index in [1.807, 2.05) is 18.2 Å². The van der Waals surface area contributed by atoms with Gasteiger partial charge in [-0.1, -0.05) is 33.1 Å². The van der Waals surface area contributed by atoms with Crippen molar-refractivity contribution in [1.82, 2.24) is 20.1 Å². The van der Waals surface area contributed by atoms with Crippen molar-refractivity contribution in [1.29, 1.82) is 0 Å². The lowest BCUT2D eigenvalue weighted by Crippen LogP contribution is -2.48. The summed E-state index contributed by atoms with van der Waals surface area (Å²) in [5.41, 5.74) is 1.09. The first-order valence-corrected chi connectivity index (χ1v) is 12.3. The van der Waals surface area contributed by atoms with Gasteiger partial charge in [0.15, 0.2) is 11.5 Å². The number of carbonyl (C=O) groups excluding carboxylic acids is 1. The Morgan fingerprint density at radius 2 is 1.73 bits per heavy atom. The molecule has 0 unspecified atom stereocenters. The van der Waals surface area contributed by atoms with E-state index in [0.29, 0.717) is 42.3 Å². The number of carbonyl (C=O) groups is 1. The largest absolute Gasteiger partial charge is 0.486 e. The number of hydrogen-bond donors (Lipinski definition) is 2. The van der Waals surface area contributed by atoms with Gasteiger partial charge in [-0.25, -0.2) is 4.79 Å². The van der Waals surface area contributed by atoms with E-state index in [0.717, 1.165) is 50.7 Å². The van der Waals surface area contributed by atoms with E-state index in [2.05, 4.69) is 29.0 Å². The molecule has 0 bridgehead atoms. The number of pyridine rings is 1. The number of ether oxygens (including phenoxy) is 2. The Balaban J connectivity index is 1.55. The Hall–Kier alpha value is -2.74. The Morgan fingerprint density at radius 3 is 2.42 bits per heavy atom. The molecule has 1 saturated carbocycles. The molecule has 2 aromatic rings. The second-order valence-electron chi connectivity index (χ2n) is 8.94. The van der Waals surface area contributed by atoms with E-state index in [-0.39, 0.29) is 24.2 Å². The average Bonchev–Trinajstić information content (AvgIpc) is 2.83. The highest BCUT2D eigenvalue weighted by Gasteiger charge is 2.22. The van der Waals surface area contributed by atoms with Crippen molar-refractivity contribution in [2.75, 3.05) is 39.4 Å². The van der Waals surface area contributed by atoms with Crippen LogP contribution < -0.4 is 20.3 Å². The van der Waals surface area contributed by atoms with Crippen LogP contribution in [0.4, 0.5) is 4.79 Å². The Morgan fingerprint density at radius 1 is 1.03 bits per heavy atom. The number of amides is 2. The van der Waals surface area contributed by atoms with Crippen molar-refractivity contribution in [3.63, 3.8) is 0 Å². The van der Waals surface area contributed by atoms with Crippen molar-refractivity contribution in [2.24, 2.45) is 0 Å². The molecule has 33 heavy (non-hydrogen) atoms. The average molecular weight is 457 g/mol. The van der Waals surface area contributed by atoms with Crippen LogP contribution in [-0.4, -0.2) is 66.2 Å². The molecule has 2 N–H and O–H groups in total. The van der Waals surface area contributed by atoms with E-state index < -0.39 is 0 Å². The molecule has 0 atom stereocenters. The molecular weight excluding hydrogens is 420 g/mol. The Bertz CT molecular complexity index is 1010. The zero-order valence-electron chi connectivity index (χ0n) is 19.8. The summed E-state index contributed by atoms with van der Waals surface area (Å²) in [6.45, 7) is 8.71. The maximum atomic E-state index is 13.2. The number of likely N-dealkylation sites (N-methyl/N-ethyl adjacent to an activating group) is 1. The molecule has 0 saturated heterocycles. The van der Waals surface area contributed by atoms with Gasteiger partial charge >= 0.3 is 6.03 Å². The van der Waals surface area contributed by atoms with Gasteiger partial charge in [0, 0.05) is 36.1 Å². The molecule has 1 aromatic carbocycles. The lowest BCUT2D eigenvalue weighted by atomic mass is 9.96. The lowest BCUT2D eigenvalue weighted by Gasteiger charge is -2.30. The predicted octanol–water partition coefficient (Wildman–Crippen LogP) is 3.49. The number of aromatic nitrogens is 1. The molecule has 4 rings (SSSR count). The molecule has 2 amide bonds. The van der Waals surface area contributed by atoms with Gasteiger partial charge in [0.25, 0.3) is 5.56 Å². The van der Waals surface area contributed by atoms with Crippen molar-refractivity contribution in [2.45, 2.75) is 58.5 Å². The van der Waals surface area contributed by atoms with Gasteiger partial charge < -0.3 is 29.6 Å². The summed E-state index contributed by atoms with van der Waals surface area (Å²) in [6, 6.07) is 5.70. The highest BCUT2D eigenvalue weighted by atomic mass is 16.6. The highest BCUT2D eigenvalue weighted by Crippen LogP contribution is 2.33. The van der Waals surface area contributed by atoms with E-state index in [9.17, 15) is 9.59 Å². The first-order chi connectivity index (χ1) is 16.1. The van der Waals surface area contributed by atoms with Gasteiger partial charge in [-0.2, -0.15) is 0 Å². The number of fused-ring (bicyclic) bond motifs is 2. The van der Waals surface area contributed by atoms with Crippen LogP contribution in [0.25, 0.3) is 10.9 Å². The topological polar surface area (TPSA) is 86.9 Å². The summed E-state index contributed by atoms with van der Waals surface area (Å²) in [5.74, 6) is 1.32. The molecule has 0 radical (unpaired) electrons. The monoisotopic (exact) mass is 456 g/mol. The van der Waals surface area contributed by atoms with E-state index >= 15 is 0 Å². The van der Waals surface area contributed by atoms with Crippen LogP contribution >= 0.6 is 0 Å². The fourth-order valence-corrected chi connectivity index (χ4v) is 4.68. The molecule has 1 aliphatic carbocycles. The third-order valence-electron chi connectivity index (χ3n) is 6.75. The number of benzene rings is 1. The van der Waals surface area contributed by atoms with Gasteiger partial charge in [-0.15, -0.1) is 0 Å². The molecule has 2 heterocycles. The minimum Gasteiger partial charge on any atom is -0.486 e. The number of H-pyrrole nitrogens is 1. The SMILES string of the molecule is CCN(CC)CCN(Cc1cc2cc3c(cc2[nH]c1=O)OCCO3)C(=O)NC1CCCCC1. The number of aromatic amines is 1. The molecule has 0 spiro atoms. The molecule has 8 nitrogen and oxygen atoms in total. The molecule has 2 aliphatic rings. The highest BCUT2D eigenvalue weighted by molar-refractivity contribution is 5.83. The summed E-state index contributed by atoms with van der Waals surface area (Å²) in [7, 11) is 0. The van der Waals surface area contributed by atoms with Crippen LogP contribution in [0.1, 0.15) is 51.5 Å². The Labute approximate surface area is 195 Å². The molecule has 1 aromatic heterocycles. The summed E-state index contributed by atoms with van der Waals surface area (Å²) < 4.78 is 11.3. The van der Waals surface area contributed by atoms with Gasteiger partial charge in [-0.3, -0.25) is 4.79 Å². The van der Waals surface area contributed by atoms with E-state index in [4.69, 9.17) is 9.47 Å². The van der Waals surface area contributed by atoms with E-state index in [1.165, 1.54) is 6.42 Å². The van der Waals surface area contributed by atoms with Crippen LogP contribution in [0.15, 0.2) is 23.0 Å². The second kappa shape index (κ2) is 10.9.